The van der Waals surface area contributed by atoms with E-state index in [1.807, 2.05) is 32.0 Å². The van der Waals surface area contributed by atoms with E-state index < -0.39 is 10.0 Å². The number of piperidine rings is 1. The molecule has 130 valence electrons. The Kier molecular flexibility index (Phi) is 4.40. The van der Waals surface area contributed by atoms with Gasteiger partial charge in [0.2, 0.25) is 10.0 Å². The van der Waals surface area contributed by atoms with Gasteiger partial charge in [-0.15, -0.1) is 0 Å². The number of nitrogens with zero attached hydrogens (tertiary/aromatic N) is 1. The van der Waals surface area contributed by atoms with Crippen LogP contribution < -0.4 is 4.72 Å². The van der Waals surface area contributed by atoms with E-state index in [2.05, 4.69) is 9.71 Å². The minimum Gasteiger partial charge on any atom is -0.358 e. The van der Waals surface area contributed by atoms with Crippen molar-refractivity contribution in [2.45, 2.75) is 32.7 Å². The average Bonchev–Trinajstić information content (AvgIpc) is 2.80. The van der Waals surface area contributed by atoms with Crippen LogP contribution in [0.4, 0.5) is 0 Å². The highest BCUT2D eigenvalue weighted by molar-refractivity contribution is 7.88. The van der Waals surface area contributed by atoms with Crippen LogP contribution in [0.1, 0.15) is 34.5 Å². The minimum atomic E-state index is -3.27. The Balaban J connectivity index is 1.88. The minimum absolute atomic E-state index is 0.0538. The molecule has 24 heavy (non-hydrogen) atoms. The zero-order valence-corrected chi connectivity index (χ0v) is 15.0. The molecule has 0 unspecified atom stereocenters. The molecular formula is C17H23N3O3S. The van der Waals surface area contributed by atoms with Gasteiger partial charge in [0, 0.05) is 30.2 Å². The Labute approximate surface area is 142 Å². The molecule has 1 aromatic heterocycles. The molecule has 0 bridgehead atoms. The molecule has 0 saturated carbocycles. The van der Waals surface area contributed by atoms with E-state index in [9.17, 15) is 13.2 Å². The number of aromatic amines is 1. The summed E-state index contributed by atoms with van der Waals surface area (Å²) in [6, 6.07) is 5.51. The number of hydrogen-bond donors (Lipinski definition) is 2. The smallest absolute Gasteiger partial charge is 0.256 e. The van der Waals surface area contributed by atoms with Gasteiger partial charge in [0.1, 0.15) is 0 Å². The number of carbonyl (C=O) groups excluding carboxylic acids is 1. The number of H-pyrrole nitrogens is 1. The number of para-hydroxylation sites is 1. The first-order valence-corrected chi connectivity index (χ1v) is 10.00. The average molecular weight is 349 g/mol. The number of rotatable bonds is 3. The summed E-state index contributed by atoms with van der Waals surface area (Å²) in [5.74, 6) is -0.0538. The Hall–Kier alpha value is -1.86. The van der Waals surface area contributed by atoms with Gasteiger partial charge >= 0.3 is 0 Å². The van der Waals surface area contributed by atoms with Crippen molar-refractivity contribution in [1.82, 2.24) is 14.6 Å². The van der Waals surface area contributed by atoms with E-state index >= 15 is 0 Å². The van der Waals surface area contributed by atoms with E-state index in [0.29, 0.717) is 18.7 Å². The molecule has 1 aliphatic heterocycles. The first kappa shape index (κ1) is 17.0. The summed E-state index contributed by atoms with van der Waals surface area (Å²) >= 11 is 0. The van der Waals surface area contributed by atoms with E-state index in [4.69, 9.17) is 0 Å². The van der Waals surface area contributed by atoms with Gasteiger partial charge in [-0.25, -0.2) is 13.1 Å². The van der Waals surface area contributed by atoms with Crippen LogP contribution in [0.2, 0.25) is 0 Å². The quantitative estimate of drug-likeness (QED) is 0.888. The lowest BCUT2D eigenvalue weighted by atomic mass is 10.0. The summed E-state index contributed by atoms with van der Waals surface area (Å²) in [6.45, 7) is 5.09. The zero-order valence-electron chi connectivity index (χ0n) is 14.2. The third-order valence-electron chi connectivity index (χ3n) is 4.66. The van der Waals surface area contributed by atoms with Crippen LogP contribution in [-0.4, -0.2) is 49.6 Å². The van der Waals surface area contributed by atoms with Crippen LogP contribution >= 0.6 is 0 Å². The largest absolute Gasteiger partial charge is 0.358 e. The molecule has 6 nitrogen and oxygen atoms in total. The molecule has 0 aliphatic carbocycles. The molecule has 2 heterocycles. The summed E-state index contributed by atoms with van der Waals surface area (Å²) in [7, 11) is -3.27. The normalized spacial score (nSPS) is 19.0. The number of aromatic nitrogens is 1. The van der Waals surface area contributed by atoms with Crippen molar-refractivity contribution < 1.29 is 13.2 Å². The van der Waals surface area contributed by atoms with Gasteiger partial charge in [-0.3, -0.25) is 4.79 Å². The lowest BCUT2D eigenvalue weighted by Crippen LogP contribution is -2.49. The summed E-state index contributed by atoms with van der Waals surface area (Å²) in [5, 5.41) is 1.06. The van der Waals surface area contributed by atoms with Crippen molar-refractivity contribution >= 4 is 26.8 Å². The number of likely N-dealkylation sites (tertiary alicyclic amines) is 1. The first-order chi connectivity index (χ1) is 11.3. The number of hydrogen-bond acceptors (Lipinski definition) is 3. The Morgan fingerprint density at radius 2 is 2.08 bits per heavy atom. The Morgan fingerprint density at radius 1 is 1.33 bits per heavy atom. The molecule has 1 atom stereocenters. The summed E-state index contributed by atoms with van der Waals surface area (Å²) < 4.78 is 25.5. The molecule has 1 saturated heterocycles. The van der Waals surface area contributed by atoms with Crippen molar-refractivity contribution in [3.8, 4) is 0 Å². The molecular weight excluding hydrogens is 326 g/mol. The number of benzene rings is 1. The Morgan fingerprint density at radius 3 is 2.79 bits per heavy atom. The number of sulfonamides is 1. The molecule has 1 aliphatic rings. The van der Waals surface area contributed by atoms with Gasteiger partial charge in [0.25, 0.3) is 5.91 Å². The number of nitrogens with one attached hydrogen (secondary N) is 2. The van der Waals surface area contributed by atoms with Gasteiger partial charge in [0.05, 0.1) is 17.3 Å². The van der Waals surface area contributed by atoms with Crippen molar-refractivity contribution in [3.63, 3.8) is 0 Å². The maximum absolute atomic E-state index is 13.0. The monoisotopic (exact) mass is 349 g/mol. The van der Waals surface area contributed by atoms with Crippen LogP contribution in [0.3, 0.4) is 0 Å². The molecule has 2 N–H and O–H groups in total. The lowest BCUT2D eigenvalue weighted by molar-refractivity contribution is 0.0705. The molecule has 1 fully saturated rings. The fraction of sp³-hybridized carbons (Fsp3) is 0.471. The predicted octanol–water partition coefficient (Wildman–Crippen LogP) is 1.94. The van der Waals surface area contributed by atoms with Gasteiger partial charge in [-0.2, -0.15) is 0 Å². The highest BCUT2D eigenvalue weighted by atomic mass is 32.2. The van der Waals surface area contributed by atoms with Crippen molar-refractivity contribution in [2.75, 3.05) is 19.3 Å². The van der Waals surface area contributed by atoms with Gasteiger partial charge < -0.3 is 9.88 Å². The van der Waals surface area contributed by atoms with Gasteiger partial charge in [0.15, 0.2) is 0 Å². The summed E-state index contributed by atoms with van der Waals surface area (Å²) in [4.78, 5) is 18.0. The molecule has 1 aromatic carbocycles. The van der Waals surface area contributed by atoms with Crippen LogP contribution in [-0.2, 0) is 10.0 Å². The van der Waals surface area contributed by atoms with Crippen LogP contribution in [0.25, 0.3) is 10.9 Å². The number of carbonyl (C=O) groups is 1. The SMILES string of the molecule is Cc1[nH]c2c(C(=O)N3CCC[C@@H](NS(C)(=O)=O)C3)cccc2c1C. The molecule has 0 radical (unpaired) electrons. The topological polar surface area (TPSA) is 82.3 Å². The Bertz CT molecular complexity index is 886. The second-order valence-corrected chi connectivity index (χ2v) is 8.36. The molecule has 3 rings (SSSR count). The molecule has 7 heteroatoms. The number of aryl methyl sites for hydroxylation is 2. The highest BCUT2D eigenvalue weighted by Crippen LogP contribution is 2.26. The van der Waals surface area contributed by atoms with Crippen molar-refractivity contribution in [2.24, 2.45) is 0 Å². The highest BCUT2D eigenvalue weighted by Gasteiger charge is 2.27. The fourth-order valence-electron chi connectivity index (χ4n) is 3.39. The second-order valence-electron chi connectivity index (χ2n) is 6.58. The van der Waals surface area contributed by atoms with E-state index in [0.717, 1.165) is 41.3 Å². The van der Waals surface area contributed by atoms with Gasteiger partial charge in [-0.1, -0.05) is 12.1 Å². The maximum atomic E-state index is 13.0. The number of fused-ring (bicyclic) bond motifs is 1. The van der Waals surface area contributed by atoms with Crippen molar-refractivity contribution in [1.29, 1.82) is 0 Å². The maximum Gasteiger partial charge on any atom is 0.256 e. The third-order valence-corrected chi connectivity index (χ3v) is 5.42. The van der Waals surface area contributed by atoms with E-state index in [1.54, 1.807) is 4.90 Å². The van der Waals surface area contributed by atoms with Crippen LogP contribution in [0.5, 0.6) is 0 Å². The molecule has 2 aromatic rings. The lowest BCUT2D eigenvalue weighted by Gasteiger charge is -2.32. The third kappa shape index (κ3) is 3.32. The summed E-state index contributed by atoms with van der Waals surface area (Å²) in [5.41, 5.74) is 3.70. The van der Waals surface area contributed by atoms with Gasteiger partial charge in [-0.05, 0) is 38.3 Å². The van der Waals surface area contributed by atoms with Crippen LogP contribution in [0.15, 0.2) is 18.2 Å². The van der Waals surface area contributed by atoms with E-state index in [-0.39, 0.29) is 11.9 Å². The predicted molar refractivity (Wildman–Crippen MR) is 94.7 cm³/mol. The molecule has 0 spiro atoms. The number of amides is 1. The molecule has 1 amide bonds. The van der Waals surface area contributed by atoms with Crippen molar-refractivity contribution in [3.05, 3.63) is 35.0 Å². The fourth-order valence-corrected chi connectivity index (χ4v) is 4.19. The zero-order chi connectivity index (χ0) is 17.5. The standard InChI is InChI=1S/C17H23N3O3S/c1-11-12(2)18-16-14(11)7-4-8-15(16)17(21)20-9-5-6-13(10-20)19-24(3,22)23/h4,7-8,13,18-19H,5-6,9-10H2,1-3H3/t13-/m1/s1. The second kappa shape index (κ2) is 6.22. The first-order valence-electron chi connectivity index (χ1n) is 8.11. The summed E-state index contributed by atoms with van der Waals surface area (Å²) in [6.07, 6.45) is 2.69. The van der Waals surface area contributed by atoms with Crippen LogP contribution in [0, 0.1) is 13.8 Å². The van der Waals surface area contributed by atoms with E-state index in [1.165, 1.54) is 0 Å².